The fourth-order valence-corrected chi connectivity index (χ4v) is 3.89. The van der Waals surface area contributed by atoms with E-state index < -0.39 is 0 Å². The largest absolute Gasteiger partial charge is 0.346 e. The van der Waals surface area contributed by atoms with Crippen molar-refractivity contribution in [2.24, 2.45) is 5.92 Å². The normalized spacial score (nSPS) is 17.9. The molecule has 0 spiro atoms. The van der Waals surface area contributed by atoms with Crippen LogP contribution in [0.5, 0.6) is 0 Å². The number of carbonyl (C=O) groups excluding carboxylic acids is 2. The molecule has 0 aliphatic carbocycles. The van der Waals surface area contributed by atoms with Crippen LogP contribution in [0.1, 0.15) is 32.1 Å². The Morgan fingerprint density at radius 2 is 1.89 bits per heavy atom. The summed E-state index contributed by atoms with van der Waals surface area (Å²) in [6, 6.07) is 17.2. The Kier molecular flexibility index (Phi) is 4.86. The number of nitrogens with one attached hydrogen (secondary N) is 1. The van der Waals surface area contributed by atoms with E-state index in [2.05, 4.69) is 16.8 Å². The Morgan fingerprint density at radius 3 is 2.64 bits per heavy atom. The first-order valence-corrected chi connectivity index (χ1v) is 9.69. The summed E-state index contributed by atoms with van der Waals surface area (Å²) in [5.74, 6) is 0.365. The fraction of sp³-hybridized carbons (Fsp3) is 0.318. The van der Waals surface area contributed by atoms with E-state index >= 15 is 0 Å². The third-order valence-electron chi connectivity index (χ3n) is 5.31. The molecular formula is C22H24N4O2. The number of aromatic nitrogens is 2. The SMILES string of the molecule is CCn1c([C@@H](C)NC(=O)[C@@H]2CC(=O)N(c3ccccc3)C2)nc2ccccc21. The zero-order chi connectivity index (χ0) is 19.7. The summed E-state index contributed by atoms with van der Waals surface area (Å²) in [4.78, 5) is 31.6. The van der Waals surface area contributed by atoms with Gasteiger partial charge in [-0.05, 0) is 38.1 Å². The lowest BCUT2D eigenvalue weighted by Gasteiger charge is -2.19. The number of aryl methyl sites for hydroxylation is 1. The van der Waals surface area contributed by atoms with Crippen LogP contribution in [0.25, 0.3) is 11.0 Å². The number of carbonyl (C=O) groups is 2. The Bertz CT molecular complexity index is 1010. The third kappa shape index (κ3) is 3.26. The van der Waals surface area contributed by atoms with Crippen LogP contribution < -0.4 is 10.2 Å². The number of rotatable bonds is 5. The van der Waals surface area contributed by atoms with Gasteiger partial charge in [0.25, 0.3) is 0 Å². The lowest BCUT2D eigenvalue weighted by molar-refractivity contribution is -0.126. The molecule has 2 atom stereocenters. The molecule has 4 rings (SSSR count). The highest BCUT2D eigenvalue weighted by molar-refractivity contribution is 6.00. The lowest BCUT2D eigenvalue weighted by Crippen LogP contribution is -2.35. The highest BCUT2D eigenvalue weighted by atomic mass is 16.2. The minimum absolute atomic E-state index is 0.0141. The first-order valence-electron chi connectivity index (χ1n) is 9.69. The van der Waals surface area contributed by atoms with Gasteiger partial charge in [-0.25, -0.2) is 4.98 Å². The monoisotopic (exact) mass is 376 g/mol. The molecule has 3 aromatic rings. The maximum absolute atomic E-state index is 12.8. The van der Waals surface area contributed by atoms with Crippen LogP contribution >= 0.6 is 0 Å². The standard InChI is InChI=1S/C22H24N4O2/c1-3-25-19-12-8-7-11-18(19)24-21(25)15(2)23-22(28)16-13-20(27)26(14-16)17-9-5-4-6-10-17/h4-12,15-16H,3,13-14H2,1-2H3,(H,23,28)/t15-,16-/m1/s1. The van der Waals surface area contributed by atoms with Crippen molar-refractivity contribution in [2.45, 2.75) is 32.9 Å². The molecule has 144 valence electrons. The van der Waals surface area contributed by atoms with Crippen LogP contribution in [0.15, 0.2) is 54.6 Å². The first-order chi connectivity index (χ1) is 13.6. The number of fused-ring (bicyclic) bond motifs is 1. The van der Waals surface area contributed by atoms with Crippen molar-refractivity contribution in [1.29, 1.82) is 0 Å². The van der Waals surface area contributed by atoms with Gasteiger partial charge >= 0.3 is 0 Å². The number of benzene rings is 2. The maximum Gasteiger partial charge on any atom is 0.227 e. The topological polar surface area (TPSA) is 67.2 Å². The van der Waals surface area contributed by atoms with E-state index in [1.54, 1.807) is 4.90 Å². The van der Waals surface area contributed by atoms with Gasteiger partial charge in [-0.1, -0.05) is 30.3 Å². The summed E-state index contributed by atoms with van der Waals surface area (Å²) < 4.78 is 2.12. The van der Waals surface area contributed by atoms with Crippen molar-refractivity contribution in [3.8, 4) is 0 Å². The number of para-hydroxylation sites is 3. The van der Waals surface area contributed by atoms with E-state index in [0.717, 1.165) is 29.1 Å². The predicted molar refractivity (Wildman–Crippen MR) is 109 cm³/mol. The van der Waals surface area contributed by atoms with Gasteiger partial charge in [0.05, 0.1) is 23.0 Å². The number of imidazole rings is 1. The van der Waals surface area contributed by atoms with Gasteiger partial charge < -0.3 is 14.8 Å². The zero-order valence-electron chi connectivity index (χ0n) is 16.1. The zero-order valence-corrected chi connectivity index (χ0v) is 16.1. The molecule has 2 amide bonds. The Hall–Kier alpha value is -3.15. The van der Waals surface area contributed by atoms with Crippen molar-refractivity contribution in [3.05, 3.63) is 60.4 Å². The molecule has 28 heavy (non-hydrogen) atoms. The minimum atomic E-state index is -0.352. The summed E-state index contributed by atoms with van der Waals surface area (Å²) in [6.07, 6.45) is 0.234. The quantitative estimate of drug-likeness (QED) is 0.743. The van der Waals surface area contributed by atoms with Crippen LogP contribution in [0, 0.1) is 5.92 Å². The van der Waals surface area contributed by atoms with E-state index in [-0.39, 0.29) is 30.2 Å². The molecule has 1 N–H and O–H groups in total. The predicted octanol–water partition coefficient (Wildman–Crippen LogP) is 3.29. The molecule has 2 aromatic carbocycles. The van der Waals surface area contributed by atoms with Crippen LogP contribution in [0.4, 0.5) is 5.69 Å². The molecule has 6 heteroatoms. The molecule has 0 bridgehead atoms. The number of nitrogens with zero attached hydrogens (tertiary/aromatic N) is 3. The third-order valence-corrected chi connectivity index (χ3v) is 5.31. The minimum Gasteiger partial charge on any atom is -0.346 e. The molecule has 1 saturated heterocycles. The molecule has 1 fully saturated rings. The molecule has 1 aliphatic heterocycles. The number of hydrogen-bond acceptors (Lipinski definition) is 3. The molecular weight excluding hydrogens is 352 g/mol. The van der Waals surface area contributed by atoms with Crippen LogP contribution in [-0.4, -0.2) is 27.9 Å². The van der Waals surface area contributed by atoms with Crippen molar-refractivity contribution in [2.75, 3.05) is 11.4 Å². The number of amides is 2. The van der Waals surface area contributed by atoms with Gasteiger partial charge in [-0.2, -0.15) is 0 Å². The second-order valence-electron chi connectivity index (χ2n) is 7.17. The molecule has 0 unspecified atom stereocenters. The van der Waals surface area contributed by atoms with Crippen molar-refractivity contribution in [3.63, 3.8) is 0 Å². The average Bonchev–Trinajstić information content (AvgIpc) is 3.29. The van der Waals surface area contributed by atoms with Crippen molar-refractivity contribution < 1.29 is 9.59 Å². The molecule has 0 radical (unpaired) electrons. The number of anilines is 1. The van der Waals surface area contributed by atoms with Gasteiger partial charge in [0.1, 0.15) is 5.82 Å². The van der Waals surface area contributed by atoms with Gasteiger partial charge in [0.15, 0.2) is 0 Å². The fourth-order valence-electron chi connectivity index (χ4n) is 3.89. The van der Waals surface area contributed by atoms with Crippen molar-refractivity contribution >= 4 is 28.5 Å². The van der Waals surface area contributed by atoms with E-state index in [9.17, 15) is 9.59 Å². The van der Waals surface area contributed by atoms with Crippen LogP contribution in [0.3, 0.4) is 0 Å². The summed E-state index contributed by atoms with van der Waals surface area (Å²) in [5.41, 5.74) is 2.82. The van der Waals surface area contributed by atoms with Crippen LogP contribution in [-0.2, 0) is 16.1 Å². The van der Waals surface area contributed by atoms with E-state index in [1.807, 2.05) is 61.5 Å². The van der Waals surface area contributed by atoms with Gasteiger partial charge in [0.2, 0.25) is 11.8 Å². The Morgan fingerprint density at radius 1 is 1.18 bits per heavy atom. The summed E-state index contributed by atoms with van der Waals surface area (Å²) >= 11 is 0. The summed E-state index contributed by atoms with van der Waals surface area (Å²) in [7, 11) is 0. The van der Waals surface area contributed by atoms with Crippen LogP contribution in [0.2, 0.25) is 0 Å². The highest BCUT2D eigenvalue weighted by Gasteiger charge is 2.35. The Balaban J connectivity index is 1.49. The molecule has 1 aliphatic rings. The lowest BCUT2D eigenvalue weighted by atomic mass is 10.1. The number of hydrogen-bond donors (Lipinski definition) is 1. The second-order valence-corrected chi connectivity index (χ2v) is 7.17. The van der Waals surface area contributed by atoms with Gasteiger partial charge in [-0.3, -0.25) is 9.59 Å². The maximum atomic E-state index is 12.8. The second kappa shape index (κ2) is 7.46. The van der Waals surface area contributed by atoms with E-state index in [1.165, 1.54) is 0 Å². The summed E-state index contributed by atoms with van der Waals surface area (Å²) in [5, 5.41) is 3.07. The van der Waals surface area contributed by atoms with E-state index in [0.29, 0.717) is 6.54 Å². The highest BCUT2D eigenvalue weighted by Crippen LogP contribution is 2.26. The molecule has 6 nitrogen and oxygen atoms in total. The first kappa shape index (κ1) is 18.2. The van der Waals surface area contributed by atoms with Crippen molar-refractivity contribution in [1.82, 2.24) is 14.9 Å². The summed E-state index contributed by atoms with van der Waals surface area (Å²) in [6.45, 7) is 5.20. The molecule has 1 aromatic heterocycles. The molecule has 0 saturated carbocycles. The molecule has 2 heterocycles. The average molecular weight is 376 g/mol. The smallest absolute Gasteiger partial charge is 0.227 e. The van der Waals surface area contributed by atoms with Gasteiger partial charge in [-0.15, -0.1) is 0 Å². The Labute approximate surface area is 164 Å². The van der Waals surface area contributed by atoms with E-state index in [4.69, 9.17) is 4.98 Å². The van der Waals surface area contributed by atoms with Gasteiger partial charge in [0, 0.05) is 25.2 Å².